The molecule has 5 aliphatic heterocycles. The molecule has 51 heteroatoms. The average molecular weight is 1540 g/mol. The van der Waals surface area contributed by atoms with Gasteiger partial charge in [-0.1, -0.05) is 0 Å². The molecular weight excluding hydrogens is 1470 g/mol. The summed E-state index contributed by atoms with van der Waals surface area (Å²) in [5.41, 5.74) is -9.11. The fraction of sp³-hybridized carbons (Fsp3) is 0.600. The molecule has 4 unspecified atom stereocenters. The van der Waals surface area contributed by atoms with Gasteiger partial charge in [-0.25, -0.2) is 46.8 Å². The second kappa shape index (κ2) is 30.4. The third-order valence-corrected chi connectivity index (χ3v) is 20.9. The van der Waals surface area contributed by atoms with Crippen LogP contribution in [0.1, 0.15) is 91.1 Å². The highest BCUT2D eigenvalue weighted by Crippen LogP contribution is 2.55. The average Bonchev–Trinajstić information content (AvgIpc) is 1.67. The molecule has 0 spiro atoms. The summed E-state index contributed by atoms with van der Waals surface area (Å²) in [6, 6.07) is 0. The van der Waals surface area contributed by atoms with E-state index in [1.54, 1.807) is 0 Å². The SMILES string of the molecule is Cc1cn([C@H]2C[C@H](OP(=O)(O)O)[C@@H](COP(=O)(O)O[C@H]3C[C@H](n4cc(C)c(=O)[nH]c4=O)O[C@@H]3COP(=O)(O)O[C@H]3C[C@H](n4cc(C)c(=O)[nH]c4=O)O[C@@H]3COP(=O)(O)O[C@H]3C[C@H](n4cc(C)c(=O)[nH]c4=O)O[C@@H]3COP(=O)(O)O[C@H]3C[C@H](n4cc(C)c(=O)[nH]c4=O)O[C@@H]3CO)O2)c(=O)[nH]c1=O. The molecule has 0 amide bonds. The van der Waals surface area contributed by atoms with Crippen molar-refractivity contribution >= 4 is 39.1 Å². The number of ether oxygens (including phenoxy) is 5. The zero-order valence-electron chi connectivity index (χ0n) is 53.1. The Morgan fingerprint density at radius 1 is 0.347 bits per heavy atom. The lowest BCUT2D eigenvalue weighted by Crippen LogP contribution is -2.33. The van der Waals surface area contributed by atoms with Crippen molar-refractivity contribution in [2.24, 2.45) is 0 Å². The fourth-order valence-corrected chi connectivity index (χ4v) is 15.7. The molecule has 46 nitrogen and oxygen atoms in total. The molecule has 0 bridgehead atoms. The van der Waals surface area contributed by atoms with E-state index in [-0.39, 0.29) is 34.2 Å². The van der Waals surface area contributed by atoms with Crippen LogP contribution in [0.4, 0.5) is 0 Å². The second-order valence-corrected chi connectivity index (χ2v) is 30.5. The number of aromatic amines is 5. The molecule has 5 fully saturated rings. The third kappa shape index (κ3) is 18.8. The number of hydrogen-bond donors (Lipinski definition) is 12. The number of phosphoric ester groups is 5. The van der Waals surface area contributed by atoms with Gasteiger partial charge in [0, 0.05) is 90.9 Å². The van der Waals surface area contributed by atoms with E-state index in [1.165, 1.54) is 34.6 Å². The highest BCUT2D eigenvalue weighted by molar-refractivity contribution is 7.48. The number of phosphoric acid groups is 5. The van der Waals surface area contributed by atoms with Gasteiger partial charge in [-0.15, -0.1) is 0 Å². The van der Waals surface area contributed by atoms with Crippen LogP contribution in [0.2, 0.25) is 0 Å². The standard InChI is InChI=1S/C50H67N10O36P5/c1-21-11-56(46(67)51-41(21)62)36-6-26(31(16-61)87-36)93-98(75,76)84-18-33-28(8-38(89-33)58-13-23(3)43(64)53-48(58)69)95-100(79,80)86-20-35-30(10-40(91-35)60-15-25(5)45(66)55-50(60)71)96-101(81,82)85-19-34-29(9-39(90-34)59-14-24(4)44(65)54-49(59)70)94-99(77,78)83-17-32-27(92-97(72,73)74)7-37(88-32)57-12-22(2)42(63)52-47(57)68/h11-15,26-40,61H,6-10,16-20H2,1-5H3,(H,75,76)(H,77,78)(H,79,80)(H,81,82)(H,51,62,67)(H,52,63,68)(H,53,64,69)(H,54,65,70)(H,55,66,71)(H2,72,73,74)/t26-,27-,28-,29-,30-,31+,32+,33+,34+,35+,36+,37+,38+,39+,40+/m0/s1. The molecule has 0 aromatic carbocycles. The van der Waals surface area contributed by atoms with Crippen molar-refractivity contribution in [2.45, 2.75) is 159 Å². The molecule has 0 saturated carbocycles. The van der Waals surface area contributed by atoms with Crippen molar-refractivity contribution in [2.75, 3.05) is 33.0 Å². The molecule has 12 N–H and O–H groups in total. The predicted octanol–water partition coefficient (Wildman–Crippen LogP) is -2.80. The first-order valence-corrected chi connectivity index (χ1v) is 37.5. The molecule has 5 saturated heterocycles. The smallest absolute Gasteiger partial charge is 0.394 e. The van der Waals surface area contributed by atoms with Crippen molar-refractivity contribution in [1.82, 2.24) is 47.8 Å². The van der Waals surface area contributed by atoms with Crippen LogP contribution in [0.3, 0.4) is 0 Å². The number of aryl methyl sites for hydroxylation is 5. The lowest BCUT2D eigenvalue weighted by Gasteiger charge is -2.26. The number of rotatable bonds is 28. The first kappa shape index (κ1) is 77.3. The zero-order valence-corrected chi connectivity index (χ0v) is 57.5. The van der Waals surface area contributed by atoms with Crippen LogP contribution in [0, 0.1) is 34.6 Å². The normalized spacial score (nSPS) is 29.4. The van der Waals surface area contributed by atoms with Crippen molar-refractivity contribution in [1.29, 1.82) is 0 Å². The monoisotopic (exact) mass is 1540 g/mol. The summed E-state index contributed by atoms with van der Waals surface area (Å²) < 4.78 is 149. The maximum atomic E-state index is 14.1. The van der Waals surface area contributed by atoms with E-state index in [2.05, 4.69) is 9.97 Å². The largest absolute Gasteiger partial charge is 0.472 e. The van der Waals surface area contributed by atoms with Crippen LogP contribution < -0.4 is 56.2 Å². The summed E-state index contributed by atoms with van der Waals surface area (Å²) in [5, 5.41) is 10.1. The highest BCUT2D eigenvalue weighted by atomic mass is 31.2. The van der Waals surface area contributed by atoms with E-state index in [0.29, 0.717) is 0 Å². The molecule has 558 valence electrons. The summed E-state index contributed by atoms with van der Waals surface area (Å²) in [5.74, 6) is 0. The van der Waals surface area contributed by atoms with E-state index in [0.717, 1.165) is 53.8 Å². The van der Waals surface area contributed by atoms with E-state index < -0.39 is 246 Å². The summed E-state index contributed by atoms with van der Waals surface area (Å²) in [7, 11) is -27.4. The quantitative estimate of drug-likeness (QED) is 0.0225. The van der Waals surface area contributed by atoms with Crippen molar-refractivity contribution < 1.29 is 122 Å². The summed E-state index contributed by atoms with van der Waals surface area (Å²) in [6.45, 7) is 1.34. The Morgan fingerprint density at radius 3 is 0.733 bits per heavy atom. The molecule has 5 aromatic heterocycles. The molecular formula is C50H67N10O36P5. The molecule has 10 heterocycles. The molecule has 5 aliphatic rings. The molecule has 10 rings (SSSR count). The minimum absolute atomic E-state index is 0.0151. The lowest BCUT2D eigenvalue weighted by molar-refractivity contribution is -0.0650. The van der Waals surface area contributed by atoms with Gasteiger partial charge in [0.25, 0.3) is 27.8 Å². The van der Waals surface area contributed by atoms with Gasteiger partial charge in [0.15, 0.2) is 0 Å². The number of aromatic nitrogens is 10. The fourth-order valence-electron chi connectivity index (χ4n) is 11.3. The molecule has 5 aromatic rings. The lowest BCUT2D eigenvalue weighted by atomic mass is 10.2. The maximum Gasteiger partial charge on any atom is 0.472 e. The van der Waals surface area contributed by atoms with Gasteiger partial charge in [0.2, 0.25) is 0 Å². The van der Waals surface area contributed by atoms with E-state index in [9.17, 15) is 105 Å². The van der Waals surface area contributed by atoms with Gasteiger partial charge < -0.3 is 58.2 Å². The van der Waals surface area contributed by atoms with Crippen LogP contribution in [0.15, 0.2) is 78.9 Å². The second-order valence-electron chi connectivity index (χ2n) is 23.7. The highest BCUT2D eigenvalue weighted by Gasteiger charge is 2.50. The van der Waals surface area contributed by atoms with E-state index in [4.69, 9.17) is 64.4 Å². The van der Waals surface area contributed by atoms with Gasteiger partial charge in [-0.2, -0.15) is 0 Å². The first-order valence-electron chi connectivity index (χ1n) is 30.0. The van der Waals surface area contributed by atoms with Gasteiger partial charge in [0.05, 0.1) is 33.0 Å². The number of nitrogens with one attached hydrogen (secondary N) is 5. The topological polar surface area (TPSA) is 630 Å². The van der Waals surface area contributed by atoms with E-state index >= 15 is 0 Å². The van der Waals surface area contributed by atoms with Crippen LogP contribution in [0.5, 0.6) is 0 Å². The van der Waals surface area contributed by atoms with Crippen molar-refractivity contribution in [3.8, 4) is 0 Å². The number of nitrogens with zero attached hydrogens (tertiary/aromatic N) is 5. The van der Waals surface area contributed by atoms with Gasteiger partial charge in [-0.05, 0) is 34.6 Å². The van der Waals surface area contributed by atoms with E-state index in [1.807, 2.05) is 15.0 Å². The summed E-state index contributed by atoms with van der Waals surface area (Å²) in [6.07, 6.45) is -21.5. The Balaban J connectivity index is 0.846. The number of aliphatic hydroxyl groups excluding tert-OH is 1. The van der Waals surface area contributed by atoms with Gasteiger partial charge in [-0.3, -0.25) is 112 Å². The van der Waals surface area contributed by atoms with Crippen molar-refractivity contribution in [3.63, 3.8) is 0 Å². The van der Waals surface area contributed by atoms with Crippen LogP contribution in [-0.2, 0) is 87.2 Å². The van der Waals surface area contributed by atoms with Crippen molar-refractivity contribution in [3.05, 3.63) is 163 Å². The third-order valence-electron chi connectivity index (χ3n) is 16.3. The van der Waals surface area contributed by atoms with Crippen LogP contribution in [0.25, 0.3) is 0 Å². The predicted molar refractivity (Wildman–Crippen MR) is 330 cm³/mol. The Kier molecular flexibility index (Phi) is 23.3. The zero-order chi connectivity index (χ0) is 73.7. The molecule has 19 atom stereocenters. The summed E-state index contributed by atoms with van der Waals surface area (Å²) >= 11 is 0. The van der Waals surface area contributed by atoms with Crippen LogP contribution >= 0.6 is 39.1 Å². The number of H-pyrrole nitrogens is 5. The number of hydrogen-bond acceptors (Lipinski definition) is 30. The summed E-state index contributed by atoms with van der Waals surface area (Å²) in [4.78, 5) is 200. The molecule has 0 radical (unpaired) electrons. The van der Waals surface area contributed by atoms with Gasteiger partial charge in [0.1, 0.15) is 92.2 Å². The van der Waals surface area contributed by atoms with Gasteiger partial charge >= 0.3 is 67.6 Å². The minimum Gasteiger partial charge on any atom is -0.394 e. The Hall–Kier alpha value is -6.29. The Morgan fingerprint density at radius 2 is 0.535 bits per heavy atom. The molecule has 0 aliphatic carbocycles. The first-order chi connectivity index (χ1) is 47.1. The van der Waals surface area contributed by atoms with Crippen LogP contribution in [-0.4, -0.2) is 176 Å². The molecule has 101 heavy (non-hydrogen) atoms. The Bertz CT molecular complexity index is 4840. The number of aliphatic hydroxyl groups is 1. The minimum atomic E-state index is -5.64. The Labute approximate surface area is 561 Å². The maximum absolute atomic E-state index is 14.1.